The molecule has 0 saturated heterocycles. The zero-order valence-electron chi connectivity index (χ0n) is 18.5. The van der Waals surface area contributed by atoms with Crippen molar-refractivity contribution < 1.29 is 0 Å². The molecule has 1 fully saturated rings. The van der Waals surface area contributed by atoms with E-state index < -0.39 is 0 Å². The highest BCUT2D eigenvalue weighted by Crippen LogP contribution is 2.46. The normalized spacial score (nSPS) is 15.2. The lowest BCUT2D eigenvalue weighted by atomic mass is 10.1. The Kier molecular flexibility index (Phi) is 4.58. The van der Waals surface area contributed by atoms with Crippen LogP contribution in [0.2, 0.25) is 0 Å². The molecule has 5 rings (SSSR count). The smallest absolute Gasteiger partial charge is 0.186 e. The molecule has 4 aromatic rings. The molecule has 0 bridgehead atoms. The fourth-order valence-electron chi connectivity index (χ4n) is 4.20. The van der Waals surface area contributed by atoms with Crippen molar-refractivity contribution >= 4 is 32.3 Å². The first-order valence-corrected chi connectivity index (χ1v) is 11.7. The van der Waals surface area contributed by atoms with Crippen LogP contribution in [0.3, 0.4) is 0 Å². The Balaban J connectivity index is 1.56. The van der Waals surface area contributed by atoms with Gasteiger partial charge in [0.05, 0.1) is 27.8 Å². The Labute approximate surface area is 181 Å². The van der Waals surface area contributed by atoms with E-state index in [1.807, 2.05) is 29.0 Å². The van der Waals surface area contributed by atoms with Crippen LogP contribution in [0.25, 0.3) is 27.1 Å². The highest BCUT2D eigenvalue weighted by atomic mass is 32.1. The summed E-state index contributed by atoms with van der Waals surface area (Å²) in [6.45, 7) is 13.1. The number of imidazole rings is 1. The Hall–Kier alpha value is -2.47. The van der Waals surface area contributed by atoms with Crippen molar-refractivity contribution in [3.63, 3.8) is 0 Å². The Morgan fingerprint density at radius 2 is 1.90 bits per heavy atom. The van der Waals surface area contributed by atoms with E-state index in [9.17, 15) is 0 Å². The van der Waals surface area contributed by atoms with Gasteiger partial charge in [-0.2, -0.15) is 5.10 Å². The highest BCUT2D eigenvalue weighted by Gasteiger charge is 2.39. The van der Waals surface area contributed by atoms with Gasteiger partial charge in [-0.25, -0.2) is 14.5 Å². The summed E-state index contributed by atoms with van der Waals surface area (Å²) in [6, 6.07) is 6.61. The lowest BCUT2D eigenvalue weighted by molar-refractivity contribution is 0.546. The highest BCUT2D eigenvalue weighted by molar-refractivity contribution is 7.22. The predicted molar refractivity (Wildman–Crippen MR) is 126 cm³/mol. The summed E-state index contributed by atoms with van der Waals surface area (Å²) in [5, 5.41) is 5.99. The van der Waals surface area contributed by atoms with Crippen molar-refractivity contribution in [2.75, 3.05) is 18.0 Å². The first kappa shape index (κ1) is 19.5. The summed E-state index contributed by atoms with van der Waals surface area (Å²) in [7, 11) is 0. The van der Waals surface area contributed by atoms with E-state index in [1.54, 1.807) is 0 Å². The summed E-state index contributed by atoms with van der Waals surface area (Å²) < 4.78 is 3.14. The molecular formula is C24H29N5S. The van der Waals surface area contributed by atoms with E-state index in [0.29, 0.717) is 5.41 Å². The van der Waals surface area contributed by atoms with Crippen molar-refractivity contribution in [1.29, 1.82) is 0 Å². The summed E-state index contributed by atoms with van der Waals surface area (Å²) >= 11 is 1.82. The van der Waals surface area contributed by atoms with Gasteiger partial charge in [-0.05, 0) is 74.8 Å². The average Bonchev–Trinajstić information content (AvgIpc) is 3.10. The molecule has 6 heteroatoms. The standard InChI is InChI=1S/C24H29N5S/c1-6-9-28(14-24(5)7-8-24)23-26-21-15(2)10-18(12-20(21)30-23)19-11-16(3)22-25-17(4)13-29(22)27-19/h10-13H,6-9,14H2,1-5H3. The third-order valence-electron chi connectivity index (χ3n) is 6.14. The molecule has 0 spiro atoms. The van der Waals surface area contributed by atoms with Gasteiger partial charge in [0.2, 0.25) is 0 Å². The SMILES string of the molecule is CCCN(CC1(C)CC1)c1nc2c(C)cc(-c3cc(C)c4nc(C)cn4n3)cc2s1. The van der Waals surface area contributed by atoms with Crippen LogP contribution >= 0.6 is 11.3 Å². The van der Waals surface area contributed by atoms with Crippen molar-refractivity contribution in [2.24, 2.45) is 5.41 Å². The number of fused-ring (bicyclic) bond motifs is 2. The number of aryl methyl sites for hydroxylation is 3. The van der Waals surface area contributed by atoms with E-state index >= 15 is 0 Å². The number of hydrogen-bond donors (Lipinski definition) is 0. The molecule has 1 aromatic carbocycles. The fraction of sp³-hybridized carbons (Fsp3) is 0.458. The average molecular weight is 420 g/mol. The van der Waals surface area contributed by atoms with Gasteiger partial charge in [-0.3, -0.25) is 0 Å². The lowest BCUT2D eigenvalue weighted by Crippen LogP contribution is -2.29. The first-order chi connectivity index (χ1) is 14.3. The Morgan fingerprint density at radius 1 is 1.10 bits per heavy atom. The molecule has 5 nitrogen and oxygen atoms in total. The van der Waals surface area contributed by atoms with Crippen LogP contribution in [0.1, 0.15) is 49.9 Å². The minimum Gasteiger partial charge on any atom is -0.348 e. The van der Waals surface area contributed by atoms with Crippen LogP contribution in [0.4, 0.5) is 5.13 Å². The maximum Gasteiger partial charge on any atom is 0.186 e. The minimum absolute atomic E-state index is 0.479. The van der Waals surface area contributed by atoms with E-state index in [1.165, 1.54) is 23.1 Å². The number of hydrogen-bond acceptors (Lipinski definition) is 5. The molecular weight excluding hydrogens is 390 g/mol. The van der Waals surface area contributed by atoms with E-state index in [2.05, 4.69) is 55.8 Å². The Bertz CT molecular complexity index is 1250. The molecule has 1 saturated carbocycles. The van der Waals surface area contributed by atoms with Crippen LogP contribution in [0, 0.1) is 26.2 Å². The largest absolute Gasteiger partial charge is 0.348 e. The number of rotatable bonds is 6. The first-order valence-electron chi connectivity index (χ1n) is 10.9. The molecule has 0 N–H and O–H groups in total. The third kappa shape index (κ3) is 3.47. The number of anilines is 1. The van der Waals surface area contributed by atoms with E-state index in [4.69, 9.17) is 10.1 Å². The van der Waals surface area contributed by atoms with Crippen LogP contribution in [0.5, 0.6) is 0 Å². The van der Waals surface area contributed by atoms with Crippen LogP contribution in [-0.4, -0.2) is 32.7 Å². The van der Waals surface area contributed by atoms with Crippen LogP contribution < -0.4 is 4.90 Å². The molecule has 0 unspecified atom stereocenters. The number of thiazole rings is 1. The monoisotopic (exact) mass is 419 g/mol. The molecule has 3 heterocycles. The third-order valence-corrected chi connectivity index (χ3v) is 7.20. The van der Waals surface area contributed by atoms with E-state index in [-0.39, 0.29) is 0 Å². The molecule has 30 heavy (non-hydrogen) atoms. The van der Waals surface area contributed by atoms with Gasteiger partial charge in [0.1, 0.15) is 0 Å². The molecule has 0 aliphatic heterocycles. The van der Waals surface area contributed by atoms with Gasteiger partial charge in [-0.1, -0.05) is 25.2 Å². The number of benzene rings is 1. The van der Waals surface area contributed by atoms with Gasteiger partial charge < -0.3 is 4.90 Å². The maximum atomic E-state index is 5.06. The summed E-state index contributed by atoms with van der Waals surface area (Å²) in [5.41, 5.74) is 7.99. The number of nitrogens with zero attached hydrogens (tertiary/aromatic N) is 5. The number of aromatic nitrogens is 4. The van der Waals surface area contributed by atoms with Crippen molar-refractivity contribution in [2.45, 2.75) is 53.9 Å². The predicted octanol–water partition coefficient (Wildman–Crippen LogP) is 5.95. The fourth-order valence-corrected chi connectivity index (χ4v) is 5.31. The molecule has 156 valence electrons. The van der Waals surface area contributed by atoms with Crippen LogP contribution in [0.15, 0.2) is 24.4 Å². The molecule has 0 amide bonds. The second-order valence-corrected chi connectivity index (χ2v) is 10.2. The van der Waals surface area contributed by atoms with Gasteiger partial charge in [-0.15, -0.1) is 0 Å². The molecule has 1 aliphatic rings. The summed E-state index contributed by atoms with van der Waals surface area (Å²) in [6.07, 6.45) is 5.80. The van der Waals surface area contributed by atoms with E-state index in [0.717, 1.165) is 58.3 Å². The quantitative estimate of drug-likeness (QED) is 0.387. The zero-order valence-corrected chi connectivity index (χ0v) is 19.3. The topological polar surface area (TPSA) is 46.3 Å². The second kappa shape index (κ2) is 7.05. The van der Waals surface area contributed by atoms with Gasteiger partial charge in [0.15, 0.2) is 10.8 Å². The summed E-state index contributed by atoms with van der Waals surface area (Å²) in [5.74, 6) is 0. The Morgan fingerprint density at radius 3 is 2.63 bits per heavy atom. The van der Waals surface area contributed by atoms with Gasteiger partial charge >= 0.3 is 0 Å². The lowest BCUT2D eigenvalue weighted by Gasteiger charge is -2.24. The molecule has 0 atom stereocenters. The molecule has 1 aliphatic carbocycles. The molecule has 0 radical (unpaired) electrons. The molecule has 3 aromatic heterocycles. The van der Waals surface area contributed by atoms with Gasteiger partial charge in [0, 0.05) is 18.7 Å². The van der Waals surface area contributed by atoms with Gasteiger partial charge in [0.25, 0.3) is 0 Å². The summed E-state index contributed by atoms with van der Waals surface area (Å²) in [4.78, 5) is 12.1. The van der Waals surface area contributed by atoms with Crippen molar-refractivity contribution in [1.82, 2.24) is 19.6 Å². The van der Waals surface area contributed by atoms with Crippen molar-refractivity contribution in [3.8, 4) is 11.3 Å². The minimum atomic E-state index is 0.479. The second-order valence-electron chi connectivity index (χ2n) is 9.23. The maximum absolute atomic E-state index is 5.06. The van der Waals surface area contributed by atoms with Crippen molar-refractivity contribution in [3.05, 3.63) is 41.2 Å². The zero-order chi connectivity index (χ0) is 21.0. The van der Waals surface area contributed by atoms with Crippen LogP contribution in [-0.2, 0) is 0 Å².